The third kappa shape index (κ3) is 3.05. The van der Waals surface area contributed by atoms with Crippen LogP contribution in [0.25, 0.3) is 0 Å². The van der Waals surface area contributed by atoms with Crippen LogP contribution in [0.1, 0.15) is 11.1 Å². The molecule has 1 N–H and O–H groups in total. The van der Waals surface area contributed by atoms with Crippen LogP contribution in [0.3, 0.4) is 0 Å². The Labute approximate surface area is 103 Å². The standard InChI is InChI=1S/C14H12F2O2/c15-12-5-4-11(14(16)7-12)9-18-13-3-1-2-10(6-13)8-17/h1-7,17H,8-9H2. The zero-order valence-corrected chi connectivity index (χ0v) is 9.57. The van der Waals surface area contributed by atoms with Crippen LogP contribution in [0.15, 0.2) is 42.5 Å². The molecule has 0 spiro atoms. The molecule has 0 aliphatic heterocycles. The number of hydrogen-bond acceptors (Lipinski definition) is 2. The van der Waals surface area contributed by atoms with Crippen LogP contribution in [0.5, 0.6) is 5.75 Å². The smallest absolute Gasteiger partial charge is 0.132 e. The van der Waals surface area contributed by atoms with Gasteiger partial charge < -0.3 is 9.84 Å². The van der Waals surface area contributed by atoms with Gasteiger partial charge >= 0.3 is 0 Å². The number of aliphatic hydroxyl groups excluding tert-OH is 1. The fraction of sp³-hybridized carbons (Fsp3) is 0.143. The maximum Gasteiger partial charge on any atom is 0.132 e. The summed E-state index contributed by atoms with van der Waals surface area (Å²) in [5.74, 6) is -0.711. The Morgan fingerprint density at radius 2 is 1.89 bits per heavy atom. The summed E-state index contributed by atoms with van der Waals surface area (Å²) in [5.41, 5.74) is 0.998. The second-order valence-corrected chi connectivity index (χ2v) is 3.83. The monoisotopic (exact) mass is 250 g/mol. The van der Waals surface area contributed by atoms with Crippen molar-refractivity contribution in [2.45, 2.75) is 13.2 Å². The molecule has 0 atom stereocenters. The molecular formula is C14H12F2O2. The second-order valence-electron chi connectivity index (χ2n) is 3.83. The summed E-state index contributed by atoms with van der Waals surface area (Å²) in [5, 5.41) is 8.96. The third-order valence-corrected chi connectivity index (χ3v) is 2.49. The van der Waals surface area contributed by atoms with Gasteiger partial charge in [0.2, 0.25) is 0 Å². The first kappa shape index (κ1) is 12.5. The summed E-state index contributed by atoms with van der Waals surface area (Å²) in [6.45, 7) is -0.0664. The molecule has 94 valence electrons. The van der Waals surface area contributed by atoms with Crippen molar-refractivity contribution < 1.29 is 18.6 Å². The highest BCUT2D eigenvalue weighted by atomic mass is 19.1. The predicted molar refractivity (Wildman–Crippen MR) is 63.1 cm³/mol. The highest BCUT2D eigenvalue weighted by Crippen LogP contribution is 2.17. The molecule has 2 aromatic rings. The Balaban J connectivity index is 2.06. The highest BCUT2D eigenvalue weighted by molar-refractivity contribution is 5.28. The number of halogens is 2. The van der Waals surface area contributed by atoms with E-state index in [9.17, 15) is 8.78 Å². The van der Waals surface area contributed by atoms with E-state index in [0.717, 1.165) is 6.07 Å². The van der Waals surface area contributed by atoms with Gasteiger partial charge in [-0.3, -0.25) is 0 Å². The van der Waals surface area contributed by atoms with Crippen molar-refractivity contribution in [3.05, 3.63) is 65.2 Å². The lowest BCUT2D eigenvalue weighted by molar-refractivity contribution is 0.277. The lowest BCUT2D eigenvalue weighted by Gasteiger charge is -2.08. The molecule has 0 amide bonds. The predicted octanol–water partition coefficient (Wildman–Crippen LogP) is 3.04. The van der Waals surface area contributed by atoms with Crippen molar-refractivity contribution in [3.63, 3.8) is 0 Å². The molecule has 2 nitrogen and oxygen atoms in total. The third-order valence-electron chi connectivity index (χ3n) is 2.49. The Hall–Kier alpha value is -1.94. The molecule has 0 radical (unpaired) electrons. The van der Waals surface area contributed by atoms with Gasteiger partial charge in [0.25, 0.3) is 0 Å². The largest absolute Gasteiger partial charge is 0.489 e. The quantitative estimate of drug-likeness (QED) is 0.903. The lowest BCUT2D eigenvalue weighted by Crippen LogP contribution is -1.99. The number of rotatable bonds is 4. The van der Waals surface area contributed by atoms with Crippen LogP contribution < -0.4 is 4.74 Å². The van der Waals surface area contributed by atoms with E-state index in [1.807, 2.05) is 0 Å². The fourth-order valence-electron chi connectivity index (χ4n) is 1.53. The summed E-state index contributed by atoms with van der Waals surface area (Å²) in [7, 11) is 0. The topological polar surface area (TPSA) is 29.5 Å². The molecule has 4 heteroatoms. The molecule has 0 fully saturated rings. The van der Waals surface area contributed by atoms with Crippen LogP contribution in [0.4, 0.5) is 8.78 Å². The number of hydrogen-bond donors (Lipinski definition) is 1. The van der Waals surface area contributed by atoms with Crippen molar-refractivity contribution in [1.82, 2.24) is 0 Å². The average molecular weight is 250 g/mol. The zero-order chi connectivity index (χ0) is 13.0. The van der Waals surface area contributed by atoms with E-state index in [1.165, 1.54) is 12.1 Å². The number of ether oxygens (including phenoxy) is 1. The van der Waals surface area contributed by atoms with Gasteiger partial charge in [0.1, 0.15) is 24.0 Å². The highest BCUT2D eigenvalue weighted by Gasteiger charge is 2.04. The number of benzene rings is 2. The van der Waals surface area contributed by atoms with Crippen molar-refractivity contribution in [1.29, 1.82) is 0 Å². The molecule has 0 unspecified atom stereocenters. The van der Waals surface area contributed by atoms with Gasteiger partial charge in [-0.1, -0.05) is 12.1 Å². The van der Waals surface area contributed by atoms with Gasteiger partial charge in [-0.15, -0.1) is 0 Å². The molecule has 0 saturated carbocycles. The summed E-state index contributed by atoms with van der Waals surface area (Å²) >= 11 is 0. The molecule has 0 aliphatic rings. The number of aliphatic hydroxyl groups is 1. The minimum Gasteiger partial charge on any atom is -0.489 e. The van der Waals surface area contributed by atoms with Crippen molar-refractivity contribution >= 4 is 0 Å². The molecule has 0 aliphatic carbocycles. The fourth-order valence-corrected chi connectivity index (χ4v) is 1.53. The maximum absolute atomic E-state index is 13.3. The lowest BCUT2D eigenvalue weighted by atomic mass is 10.2. The normalized spacial score (nSPS) is 10.4. The van der Waals surface area contributed by atoms with E-state index in [1.54, 1.807) is 24.3 Å². The van der Waals surface area contributed by atoms with Gasteiger partial charge in [-0.25, -0.2) is 8.78 Å². The Morgan fingerprint density at radius 1 is 1.06 bits per heavy atom. The van der Waals surface area contributed by atoms with Crippen LogP contribution in [0, 0.1) is 11.6 Å². The minimum atomic E-state index is -0.631. The van der Waals surface area contributed by atoms with Gasteiger partial charge in [-0.05, 0) is 29.8 Å². The molecule has 2 aromatic carbocycles. The van der Waals surface area contributed by atoms with E-state index in [0.29, 0.717) is 11.3 Å². The van der Waals surface area contributed by atoms with Gasteiger partial charge in [0.05, 0.1) is 6.61 Å². The van der Waals surface area contributed by atoms with Crippen molar-refractivity contribution in [2.24, 2.45) is 0 Å². The van der Waals surface area contributed by atoms with Gasteiger partial charge in [0.15, 0.2) is 0 Å². The van der Waals surface area contributed by atoms with Crippen LogP contribution >= 0.6 is 0 Å². The average Bonchev–Trinajstić information content (AvgIpc) is 2.38. The zero-order valence-electron chi connectivity index (χ0n) is 9.57. The molecule has 0 bridgehead atoms. The van der Waals surface area contributed by atoms with E-state index in [4.69, 9.17) is 9.84 Å². The Bertz CT molecular complexity index is 541. The van der Waals surface area contributed by atoms with E-state index >= 15 is 0 Å². The minimum absolute atomic E-state index is 0.0149. The Kier molecular flexibility index (Phi) is 3.89. The summed E-state index contributed by atoms with van der Waals surface area (Å²) < 4.78 is 31.4. The molecule has 18 heavy (non-hydrogen) atoms. The Morgan fingerprint density at radius 3 is 2.61 bits per heavy atom. The molecule has 0 heterocycles. The summed E-state index contributed by atoms with van der Waals surface area (Å²) in [4.78, 5) is 0. The first-order chi connectivity index (χ1) is 8.69. The summed E-state index contributed by atoms with van der Waals surface area (Å²) in [6, 6.07) is 10.2. The molecule has 2 rings (SSSR count). The van der Waals surface area contributed by atoms with E-state index < -0.39 is 11.6 Å². The first-order valence-corrected chi connectivity index (χ1v) is 5.45. The maximum atomic E-state index is 13.3. The van der Waals surface area contributed by atoms with Gasteiger partial charge in [-0.2, -0.15) is 0 Å². The van der Waals surface area contributed by atoms with Crippen molar-refractivity contribution in [2.75, 3.05) is 0 Å². The van der Waals surface area contributed by atoms with Gasteiger partial charge in [0, 0.05) is 11.6 Å². The SMILES string of the molecule is OCc1cccc(OCc2ccc(F)cc2F)c1. The molecule has 0 saturated heterocycles. The van der Waals surface area contributed by atoms with Crippen molar-refractivity contribution in [3.8, 4) is 5.75 Å². The van der Waals surface area contributed by atoms with E-state index in [2.05, 4.69) is 0 Å². The van der Waals surface area contributed by atoms with Crippen LogP contribution in [-0.4, -0.2) is 5.11 Å². The second kappa shape index (κ2) is 5.60. The molecule has 0 aromatic heterocycles. The van der Waals surface area contributed by atoms with E-state index in [-0.39, 0.29) is 18.8 Å². The van der Waals surface area contributed by atoms with Crippen LogP contribution in [0.2, 0.25) is 0 Å². The first-order valence-electron chi connectivity index (χ1n) is 5.45. The molecular weight excluding hydrogens is 238 g/mol. The summed E-state index contributed by atoms with van der Waals surface area (Å²) in [6.07, 6.45) is 0. The van der Waals surface area contributed by atoms with Crippen LogP contribution in [-0.2, 0) is 13.2 Å².